The molecule has 2 aromatic carbocycles. The summed E-state index contributed by atoms with van der Waals surface area (Å²) in [5.41, 5.74) is 9.86. The molecule has 0 saturated carbocycles. The minimum Gasteiger partial charge on any atom is -0.366 e. The molecule has 1 atom stereocenters. The third-order valence-electron chi connectivity index (χ3n) is 8.24. The minimum atomic E-state index is 0.140. The maximum Gasteiger partial charge on any atom is 0.219 e. The highest BCUT2D eigenvalue weighted by Crippen LogP contribution is 2.35. The van der Waals surface area contributed by atoms with Crippen LogP contribution in [0.15, 0.2) is 36.4 Å². The van der Waals surface area contributed by atoms with Gasteiger partial charge in [0, 0.05) is 68.9 Å². The summed E-state index contributed by atoms with van der Waals surface area (Å²) in [6, 6.07) is 13.5. The lowest BCUT2D eigenvalue weighted by Crippen LogP contribution is -2.54. The van der Waals surface area contributed by atoms with Crippen molar-refractivity contribution in [1.29, 1.82) is 0 Å². The Kier molecular flexibility index (Phi) is 7.17. The molecule has 200 valence electrons. The van der Waals surface area contributed by atoms with Gasteiger partial charge in [-0.15, -0.1) is 0 Å². The maximum absolute atomic E-state index is 12.2. The van der Waals surface area contributed by atoms with Gasteiger partial charge in [0.1, 0.15) is 5.82 Å². The van der Waals surface area contributed by atoms with E-state index in [1.807, 2.05) is 4.90 Å². The molecule has 1 aromatic heterocycles. The zero-order valence-corrected chi connectivity index (χ0v) is 24.0. The summed E-state index contributed by atoms with van der Waals surface area (Å²) in [6.45, 7) is 18.8. The van der Waals surface area contributed by atoms with E-state index >= 15 is 0 Å². The molecule has 2 aliphatic rings. The highest BCUT2D eigenvalue weighted by atomic mass is 16.2. The third-order valence-corrected chi connectivity index (χ3v) is 8.24. The Hall–Kier alpha value is -3.41. The highest BCUT2D eigenvalue weighted by Gasteiger charge is 2.31. The molecule has 0 radical (unpaired) electrons. The highest BCUT2D eigenvalue weighted by molar-refractivity contribution is 5.74. The SMILES string of the molecule is CC(=O)N1CCN(c2nc(-c3cc(C)ccc3C)nc3c2CN(c2cc(C(C)C)ccc2C)CC3)C[C@H]1C. The average Bonchev–Trinajstić information content (AvgIpc) is 2.89. The zero-order valence-electron chi connectivity index (χ0n) is 24.0. The quantitative estimate of drug-likeness (QED) is 0.442. The van der Waals surface area contributed by atoms with Gasteiger partial charge in [0.25, 0.3) is 0 Å². The summed E-state index contributed by atoms with van der Waals surface area (Å²) < 4.78 is 0. The first-order chi connectivity index (χ1) is 18.1. The molecule has 38 heavy (non-hydrogen) atoms. The Balaban J connectivity index is 1.58. The lowest BCUT2D eigenvalue weighted by molar-refractivity contribution is -0.131. The first-order valence-electron chi connectivity index (χ1n) is 14.0. The Morgan fingerprint density at radius 2 is 1.71 bits per heavy atom. The number of carbonyl (C=O) groups excluding carboxylic acids is 1. The monoisotopic (exact) mass is 511 g/mol. The van der Waals surface area contributed by atoms with Crippen LogP contribution in [0.4, 0.5) is 11.5 Å². The summed E-state index contributed by atoms with van der Waals surface area (Å²) in [5.74, 6) is 2.48. The van der Waals surface area contributed by atoms with Gasteiger partial charge in [-0.3, -0.25) is 4.79 Å². The van der Waals surface area contributed by atoms with E-state index < -0.39 is 0 Å². The van der Waals surface area contributed by atoms with Gasteiger partial charge < -0.3 is 14.7 Å². The number of fused-ring (bicyclic) bond motifs is 1. The number of aromatic nitrogens is 2. The van der Waals surface area contributed by atoms with Crippen LogP contribution in [0.3, 0.4) is 0 Å². The molecule has 0 spiro atoms. The molecule has 1 amide bonds. The van der Waals surface area contributed by atoms with Crippen molar-refractivity contribution in [2.75, 3.05) is 36.0 Å². The van der Waals surface area contributed by atoms with Crippen LogP contribution < -0.4 is 9.80 Å². The molecular formula is C32H41N5O. The van der Waals surface area contributed by atoms with Crippen LogP contribution in [0.1, 0.15) is 67.1 Å². The van der Waals surface area contributed by atoms with Crippen molar-refractivity contribution < 1.29 is 4.79 Å². The number of amides is 1. The van der Waals surface area contributed by atoms with E-state index in [1.54, 1.807) is 6.92 Å². The normalized spacial score (nSPS) is 17.7. The first kappa shape index (κ1) is 26.2. The maximum atomic E-state index is 12.2. The second kappa shape index (κ2) is 10.4. The van der Waals surface area contributed by atoms with Crippen molar-refractivity contribution in [2.24, 2.45) is 0 Å². The van der Waals surface area contributed by atoms with Gasteiger partial charge in [-0.05, 0) is 62.4 Å². The van der Waals surface area contributed by atoms with E-state index in [0.29, 0.717) is 12.5 Å². The molecule has 6 nitrogen and oxygen atoms in total. The van der Waals surface area contributed by atoms with Crippen molar-refractivity contribution in [1.82, 2.24) is 14.9 Å². The number of nitrogens with zero attached hydrogens (tertiary/aromatic N) is 5. The van der Waals surface area contributed by atoms with Gasteiger partial charge in [-0.25, -0.2) is 9.97 Å². The lowest BCUT2D eigenvalue weighted by atomic mass is 9.98. The number of benzene rings is 2. The summed E-state index contributed by atoms with van der Waals surface area (Å²) in [5, 5.41) is 0. The summed E-state index contributed by atoms with van der Waals surface area (Å²) in [6.07, 6.45) is 0.886. The van der Waals surface area contributed by atoms with Gasteiger partial charge in [-0.2, -0.15) is 0 Å². The average molecular weight is 512 g/mol. The molecule has 0 bridgehead atoms. The molecule has 1 fully saturated rings. The fraction of sp³-hybridized carbons (Fsp3) is 0.469. The van der Waals surface area contributed by atoms with Crippen LogP contribution in [0.25, 0.3) is 11.4 Å². The topological polar surface area (TPSA) is 52.6 Å². The van der Waals surface area contributed by atoms with Gasteiger partial charge in [0.05, 0.1) is 5.69 Å². The zero-order chi connectivity index (χ0) is 27.1. The van der Waals surface area contributed by atoms with Crippen LogP contribution >= 0.6 is 0 Å². The van der Waals surface area contributed by atoms with Crippen molar-refractivity contribution in [3.8, 4) is 11.4 Å². The Morgan fingerprint density at radius 1 is 0.947 bits per heavy atom. The minimum absolute atomic E-state index is 0.140. The fourth-order valence-electron chi connectivity index (χ4n) is 5.91. The molecular weight excluding hydrogens is 470 g/mol. The fourth-order valence-corrected chi connectivity index (χ4v) is 5.91. The largest absolute Gasteiger partial charge is 0.366 e. The van der Waals surface area contributed by atoms with Crippen LogP contribution in [0, 0.1) is 20.8 Å². The smallest absolute Gasteiger partial charge is 0.219 e. The summed E-state index contributed by atoms with van der Waals surface area (Å²) >= 11 is 0. The van der Waals surface area contributed by atoms with Crippen molar-refractivity contribution in [3.63, 3.8) is 0 Å². The summed E-state index contributed by atoms with van der Waals surface area (Å²) in [4.78, 5) is 29.5. The Bertz CT molecular complexity index is 1360. The molecule has 0 N–H and O–H groups in total. The van der Waals surface area contributed by atoms with Gasteiger partial charge in [0.15, 0.2) is 5.82 Å². The van der Waals surface area contributed by atoms with Crippen LogP contribution in [-0.4, -0.2) is 53.0 Å². The van der Waals surface area contributed by atoms with E-state index in [-0.39, 0.29) is 11.9 Å². The van der Waals surface area contributed by atoms with E-state index in [2.05, 4.69) is 87.7 Å². The molecule has 2 aliphatic heterocycles. The van der Waals surface area contributed by atoms with Crippen molar-refractivity contribution in [3.05, 3.63) is 69.9 Å². The predicted molar refractivity (Wildman–Crippen MR) is 156 cm³/mol. The van der Waals surface area contributed by atoms with E-state index in [4.69, 9.17) is 9.97 Å². The number of aryl methyl sites for hydroxylation is 3. The molecule has 3 aromatic rings. The van der Waals surface area contributed by atoms with E-state index in [1.165, 1.54) is 33.5 Å². The van der Waals surface area contributed by atoms with Crippen LogP contribution in [0.2, 0.25) is 0 Å². The molecule has 1 saturated heterocycles. The first-order valence-corrected chi connectivity index (χ1v) is 14.0. The van der Waals surface area contributed by atoms with Gasteiger partial charge in [-0.1, -0.05) is 43.7 Å². The Labute approximate surface area is 227 Å². The van der Waals surface area contributed by atoms with E-state index in [0.717, 1.165) is 55.5 Å². The number of hydrogen-bond acceptors (Lipinski definition) is 5. The number of anilines is 2. The molecule has 3 heterocycles. The number of hydrogen-bond donors (Lipinski definition) is 0. The third kappa shape index (κ3) is 5.01. The second-order valence-corrected chi connectivity index (χ2v) is 11.5. The number of carbonyl (C=O) groups is 1. The standard InChI is InChI=1S/C32H41N5O/c1-20(2)26-11-10-23(5)30(17-26)35-13-12-29-28(19-35)32(36-14-15-37(25(7)38)24(6)18-36)34-31(33-29)27-16-21(3)8-9-22(27)4/h8-11,16-17,20,24H,12-15,18-19H2,1-7H3/t24-/m1/s1. The number of piperazine rings is 1. The Morgan fingerprint density at radius 3 is 2.42 bits per heavy atom. The van der Waals surface area contributed by atoms with Crippen molar-refractivity contribution in [2.45, 2.75) is 73.4 Å². The van der Waals surface area contributed by atoms with Crippen molar-refractivity contribution >= 4 is 17.4 Å². The molecule has 0 unspecified atom stereocenters. The number of rotatable bonds is 4. The van der Waals surface area contributed by atoms with E-state index in [9.17, 15) is 4.79 Å². The van der Waals surface area contributed by atoms with Gasteiger partial charge >= 0.3 is 0 Å². The van der Waals surface area contributed by atoms with Crippen LogP contribution in [0.5, 0.6) is 0 Å². The second-order valence-electron chi connectivity index (χ2n) is 11.5. The summed E-state index contributed by atoms with van der Waals surface area (Å²) in [7, 11) is 0. The molecule has 0 aliphatic carbocycles. The molecule has 5 rings (SSSR count). The van der Waals surface area contributed by atoms with Gasteiger partial charge in [0.2, 0.25) is 5.91 Å². The van der Waals surface area contributed by atoms with Crippen LogP contribution in [-0.2, 0) is 17.8 Å². The lowest BCUT2D eigenvalue weighted by Gasteiger charge is -2.42. The predicted octanol–water partition coefficient (Wildman–Crippen LogP) is 5.81. The molecule has 6 heteroatoms.